The minimum Gasteiger partial charge on any atom is -0.260 e. The average molecular weight is 280 g/mol. The molecule has 0 N–H and O–H groups in total. The third kappa shape index (κ3) is 2.08. The van der Waals surface area contributed by atoms with Crippen LogP contribution in [-0.4, -0.2) is 15.2 Å². The summed E-state index contributed by atoms with van der Waals surface area (Å²) in [5, 5.41) is 8.43. The monoisotopic (exact) mass is 279 g/mol. The lowest BCUT2D eigenvalue weighted by Gasteiger charge is -2.24. The van der Waals surface area contributed by atoms with Crippen molar-refractivity contribution >= 4 is 23.2 Å². The van der Waals surface area contributed by atoms with Crippen LogP contribution >= 0.6 is 23.2 Å². The van der Waals surface area contributed by atoms with Crippen molar-refractivity contribution in [2.24, 2.45) is 0 Å². The zero-order valence-electron chi connectivity index (χ0n) is 9.61. The molecule has 2 aromatic rings. The van der Waals surface area contributed by atoms with Crippen molar-refractivity contribution in [3.8, 4) is 0 Å². The van der Waals surface area contributed by atoms with Crippen LogP contribution in [0.3, 0.4) is 0 Å². The molecule has 5 heteroatoms. The fraction of sp³-hybridized carbons (Fsp3) is 0.308. The molecule has 2 aromatic heterocycles. The van der Waals surface area contributed by atoms with E-state index in [0.29, 0.717) is 10.3 Å². The third-order valence-electron chi connectivity index (χ3n) is 3.32. The molecule has 0 fully saturated rings. The second-order valence-electron chi connectivity index (χ2n) is 4.41. The van der Waals surface area contributed by atoms with E-state index in [2.05, 4.69) is 21.2 Å². The average Bonchev–Trinajstić information content (AvgIpc) is 2.41. The molecular weight excluding hydrogens is 269 g/mol. The standard InChI is InChI=1S/C13H11Cl2N3/c14-11-7-10(13(15)18-17-11)9-5-1-3-8-4-2-6-16-12(8)9/h2,4,6-7,9H,1,3,5H2. The van der Waals surface area contributed by atoms with Crippen LogP contribution in [0.4, 0.5) is 0 Å². The van der Waals surface area contributed by atoms with Gasteiger partial charge in [-0.25, -0.2) is 0 Å². The first-order valence-corrected chi connectivity index (χ1v) is 6.63. The Kier molecular flexibility index (Phi) is 3.18. The van der Waals surface area contributed by atoms with Crippen molar-refractivity contribution in [1.82, 2.24) is 15.2 Å². The van der Waals surface area contributed by atoms with E-state index in [-0.39, 0.29) is 5.92 Å². The fourth-order valence-electron chi connectivity index (χ4n) is 2.52. The summed E-state index contributed by atoms with van der Waals surface area (Å²) in [6.45, 7) is 0. The van der Waals surface area contributed by atoms with Gasteiger partial charge in [-0.05, 0) is 37.0 Å². The molecule has 3 nitrogen and oxygen atoms in total. The van der Waals surface area contributed by atoms with Gasteiger partial charge < -0.3 is 0 Å². The molecule has 0 radical (unpaired) electrons. The fourth-order valence-corrected chi connectivity index (χ4v) is 2.90. The van der Waals surface area contributed by atoms with Crippen LogP contribution < -0.4 is 0 Å². The van der Waals surface area contributed by atoms with Crippen LogP contribution in [0.15, 0.2) is 24.4 Å². The molecule has 3 rings (SSSR count). The Morgan fingerprint density at radius 2 is 2.11 bits per heavy atom. The SMILES string of the molecule is Clc1cc(C2CCCc3cccnc32)c(Cl)nn1. The minimum atomic E-state index is 0.176. The normalized spacial score (nSPS) is 18.4. The molecule has 0 bridgehead atoms. The Morgan fingerprint density at radius 1 is 1.22 bits per heavy atom. The molecule has 0 saturated heterocycles. The summed E-state index contributed by atoms with van der Waals surface area (Å²) in [5.41, 5.74) is 3.31. The van der Waals surface area contributed by atoms with Crippen molar-refractivity contribution in [2.75, 3.05) is 0 Å². The Hall–Kier alpha value is -1.19. The Morgan fingerprint density at radius 3 is 3.00 bits per heavy atom. The number of fused-ring (bicyclic) bond motifs is 1. The maximum Gasteiger partial charge on any atom is 0.155 e. The topological polar surface area (TPSA) is 38.7 Å². The van der Waals surface area contributed by atoms with Gasteiger partial charge in [0.25, 0.3) is 0 Å². The van der Waals surface area contributed by atoms with Gasteiger partial charge in [-0.2, -0.15) is 0 Å². The lowest BCUT2D eigenvalue weighted by molar-refractivity contribution is 0.596. The molecule has 0 aliphatic heterocycles. The first kappa shape index (κ1) is 11.9. The van der Waals surface area contributed by atoms with E-state index >= 15 is 0 Å². The van der Waals surface area contributed by atoms with Crippen molar-refractivity contribution < 1.29 is 0 Å². The van der Waals surface area contributed by atoms with Gasteiger partial charge in [0.2, 0.25) is 0 Å². The summed E-state index contributed by atoms with van der Waals surface area (Å²) in [6, 6.07) is 5.89. The molecule has 0 saturated carbocycles. The van der Waals surface area contributed by atoms with Crippen LogP contribution in [0.2, 0.25) is 10.3 Å². The van der Waals surface area contributed by atoms with Crippen LogP contribution in [0.5, 0.6) is 0 Å². The molecule has 0 amide bonds. The summed E-state index contributed by atoms with van der Waals surface area (Å²) >= 11 is 12.0. The smallest absolute Gasteiger partial charge is 0.155 e. The van der Waals surface area contributed by atoms with E-state index in [0.717, 1.165) is 30.5 Å². The Bertz CT molecular complexity index is 586. The second-order valence-corrected chi connectivity index (χ2v) is 5.15. The zero-order chi connectivity index (χ0) is 12.5. The van der Waals surface area contributed by atoms with Crippen molar-refractivity contribution in [2.45, 2.75) is 25.2 Å². The van der Waals surface area contributed by atoms with Crippen molar-refractivity contribution in [3.63, 3.8) is 0 Å². The first-order chi connectivity index (χ1) is 8.75. The highest BCUT2D eigenvalue weighted by Gasteiger charge is 2.25. The number of aryl methyl sites for hydroxylation is 1. The molecule has 2 heterocycles. The molecule has 92 valence electrons. The summed E-state index contributed by atoms with van der Waals surface area (Å²) < 4.78 is 0. The number of aromatic nitrogens is 3. The molecule has 18 heavy (non-hydrogen) atoms. The second kappa shape index (κ2) is 4.82. The van der Waals surface area contributed by atoms with Gasteiger partial charge in [0.05, 0.1) is 5.69 Å². The van der Waals surface area contributed by atoms with Crippen LogP contribution in [-0.2, 0) is 6.42 Å². The summed E-state index contributed by atoms with van der Waals surface area (Å²) in [6.07, 6.45) is 5.04. The minimum absolute atomic E-state index is 0.176. The highest BCUT2D eigenvalue weighted by atomic mass is 35.5. The Balaban J connectivity index is 2.11. The maximum absolute atomic E-state index is 6.14. The van der Waals surface area contributed by atoms with Gasteiger partial charge in [0, 0.05) is 17.7 Å². The van der Waals surface area contributed by atoms with E-state index < -0.39 is 0 Å². The van der Waals surface area contributed by atoms with Gasteiger partial charge in [-0.3, -0.25) is 4.98 Å². The lowest BCUT2D eigenvalue weighted by Crippen LogP contribution is -2.14. The molecule has 0 spiro atoms. The largest absolute Gasteiger partial charge is 0.260 e. The molecule has 0 aromatic carbocycles. The predicted octanol–water partition coefficient (Wildman–Crippen LogP) is 3.65. The van der Waals surface area contributed by atoms with Crippen molar-refractivity contribution in [1.29, 1.82) is 0 Å². The number of nitrogens with zero attached hydrogens (tertiary/aromatic N) is 3. The van der Waals surface area contributed by atoms with E-state index in [9.17, 15) is 0 Å². The van der Waals surface area contributed by atoms with Gasteiger partial charge in [0.15, 0.2) is 10.3 Å². The summed E-state index contributed by atoms with van der Waals surface area (Å²) in [7, 11) is 0. The van der Waals surface area contributed by atoms with E-state index in [1.165, 1.54) is 5.56 Å². The number of rotatable bonds is 1. The van der Waals surface area contributed by atoms with Crippen molar-refractivity contribution in [3.05, 3.63) is 51.5 Å². The first-order valence-electron chi connectivity index (χ1n) is 5.88. The number of pyridine rings is 1. The molecule has 1 unspecified atom stereocenters. The molecule has 1 aliphatic rings. The van der Waals surface area contributed by atoms with Gasteiger partial charge in [0.1, 0.15) is 0 Å². The van der Waals surface area contributed by atoms with Gasteiger partial charge >= 0.3 is 0 Å². The highest BCUT2D eigenvalue weighted by molar-refractivity contribution is 6.31. The summed E-state index contributed by atoms with van der Waals surface area (Å²) in [4.78, 5) is 4.50. The van der Waals surface area contributed by atoms with Gasteiger partial charge in [-0.15, -0.1) is 10.2 Å². The van der Waals surface area contributed by atoms with Crippen LogP contribution in [0.25, 0.3) is 0 Å². The molecular formula is C13H11Cl2N3. The zero-order valence-corrected chi connectivity index (χ0v) is 11.1. The van der Waals surface area contributed by atoms with Crippen LogP contribution in [0.1, 0.15) is 35.6 Å². The highest BCUT2D eigenvalue weighted by Crippen LogP contribution is 2.37. The number of halogens is 2. The van der Waals surface area contributed by atoms with E-state index in [1.54, 1.807) is 6.07 Å². The Labute approximate surface area is 115 Å². The molecule has 1 atom stereocenters. The number of hydrogen-bond acceptors (Lipinski definition) is 3. The van der Waals surface area contributed by atoms with Gasteiger partial charge in [-0.1, -0.05) is 29.3 Å². The maximum atomic E-state index is 6.14. The third-order valence-corrected chi connectivity index (χ3v) is 3.80. The number of hydrogen-bond donors (Lipinski definition) is 0. The molecule has 1 aliphatic carbocycles. The van der Waals surface area contributed by atoms with E-state index in [1.807, 2.05) is 12.3 Å². The van der Waals surface area contributed by atoms with Crippen LogP contribution in [0, 0.1) is 0 Å². The lowest BCUT2D eigenvalue weighted by atomic mass is 9.83. The predicted molar refractivity (Wildman–Crippen MR) is 71.1 cm³/mol. The summed E-state index contributed by atoms with van der Waals surface area (Å²) in [5.74, 6) is 0.176. The van der Waals surface area contributed by atoms with E-state index in [4.69, 9.17) is 23.2 Å². The quantitative estimate of drug-likeness (QED) is 0.800.